The summed E-state index contributed by atoms with van der Waals surface area (Å²) in [6.45, 7) is 0. The van der Waals surface area contributed by atoms with Crippen molar-refractivity contribution in [2.24, 2.45) is 0 Å². The summed E-state index contributed by atoms with van der Waals surface area (Å²) in [5.41, 5.74) is 1.58. The van der Waals surface area contributed by atoms with Gasteiger partial charge in [-0.1, -0.05) is 42.5 Å². The van der Waals surface area contributed by atoms with E-state index in [0.29, 0.717) is 16.9 Å². The normalized spacial score (nSPS) is 14.7. The smallest absolute Gasteiger partial charge is 0.327 e. The molecule has 0 amide bonds. The van der Waals surface area contributed by atoms with Gasteiger partial charge < -0.3 is 5.32 Å². The molecular formula is C21H14N4O4. The molecule has 0 fully saturated rings. The van der Waals surface area contributed by atoms with Gasteiger partial charge in [-0.3, -0.25) is 24.9 Å². The third kappa shape index (κ3) is 2.61. The number of rotatable bonds is 2. The Morgan fingerprint density at radius 1 is 0.862 bits per heavy atom. The molecule has 3 aromatic carbocycles. The standard InChI is InChI=1S/C21H14N4O4/c26-20-18-16(12-5-8-13(9-6-12)25(28)29)17-14-4-2-1-3-11(14)7-10-15(17)22-19(18)23-21(27)24-20/h1-10,16H,(H3,22,23,24,26,27)/t16-/m1/s1. The Labute approximate surface area is 163 Å². The van der Waals surface area contributed by atoms with Crippen LogP contribution in [0.25, 0.3) is 10.8 Å². The highest BCUT2D eigenvalue weighted by Crippen LogP contribution is 2.45. The zero-order valence-electron chi connectivity index (χ0n) is 14.9. The van der Waals surface area contributed by atoms with Gasteiger partial charge in [0.2, 0.25) is 0 Å². The Bertz CT molecular complexity index is 1400. The van der Waals surface area contributed by atoms with Gasteiger partial charge in [0.05, 0.1) is 10.5 Å². The monoisotopic (exact) mass is 386 g/mol. The molecule has 0 unspecified atom stereocenters. The fourth-order valence-corrected chi connectivity index (χ4v) is 3.99. The molecule has 142 valence electrons. The highest BCUT2D eigenvalue weighted by atomic mass is 16.6. The van der Waals surface area contributed by atoms with Gasteiger partial charge in [-0.05, 0) is 28.0 Å². The second-order valence-electron chi connectivity index (χ2n) is 6.85. The number of aromatic amines is 2. The highest BCUT2D eigenvalue weighted by molar-refractivity contribution is 5.94. The summed E-state index contributed by atoms with van der Waals surface area (Å²) in [5.74, 6) is -0.182. The van der Waals surface area contributed by atoms with Crippen molar-refractivity contribution in [2.45, 2.75) is 5.92 Å². The molecule has 1 aliphatic rings. The van der Waals surface area contributed by atoms with E-state index in [1.165, 1.54) is 12.1 Å². The van der Waals surface area contributed by atoms with Crippen LogP contribution in [0, 0.1) is 10.1 Å². The number of benzene rings is 3. The number of hydrogen-bond donors (Lipinski definition) is 3. The van der Waals surface area contributed by atoms with E-state index < -0.39 is 22.1 Å². The summed E-state index contributed by atoms with van der Waals surface area (Å²) in [5, 5.41) is 16.2. The van der Waals surface area contributed by atoms with Crippen molar-refractivity contribution in [3.8, 4) is 0 Å². The Hall–Kier alpha value is -4.20. The fraction of sp³-hybridized carbons (Fsp3) is 0.0476. The first-order valence-corrected chi connectivity index (χ1v) is 8.92. The second-order valence-corrected chi connectivity index (χ2v) is 6.85. The Balaban J connectivity index is 1.85. The van der Waals surface area contributed by atoms with Gasteiger partial charge in [0.1, 0.15) is 5.82 Å². The molecule has 8 nitrogen and oxygen atoms in total. The molecule has 5 rings (SSSR count). The van der Waals surface area contributed by atoms with Crippen LogP contribution in [0.1, 0.15) is 22.6 Å². The average molecular weight is 386 g/mol. The van der Waals surface area contributed by atoms with Crippen molar-refractivity contribution >= 4 is 28.0 Å². The minimum atomic E-state index is -0.604. The lowest BCUT2D eigenvalue weighted by Crippen LogP contribution is -2.31. The molecule has 0 bridgehead atoms. The number of nitro groups is 1. The van der Waals surface area contributed by atoms with Crippen LogP contribution < -0.4 is 16.6 Å². The summed E-state index contributed by atoms with van der Waals surface area (Å²) in [7, 11) is 0. The van der Waals surface area contributed by atoms with E-state index in [1.54, 1.807) is 12.1 Å². The molecular weight excluding hydrogens is 372 g/mol. The number of nitrogens with zero attached hydrogens (tertiary/aromatic N) is 1. The molecule has 3 N–H and O–H groups in total. The van der Waals surface area contributed by atoms with Gasteiger partial charge in [0.15, 0.2) is 0 Å². The van der Waals surface area contributed by atoms with Gasteiger partial charge in [-0.25, -0.2) is 4.79 Å². The van der Waals surface area contributed by atoms with Gasteiger partial charge in [0, 0.05) is 23.7 Å². The van der Waals surface area contributed by atoms with Crippen LogP contribution in [0.2, 0.25) is 0 Å². The first-order valence-electron chi connectivity index (χ1n) is 8.92. The van der Waals surface area contributed by atoms with Crippen molar-refractivity contribution in [1.29, 1.82) is 0 Å². The molecule has 1 aliphatic heterocycles. The van der Waals surface area contributed by atoms with E-state index in [4.69, 9.17) is 0 Å². The molecule has 1 aromatic heterocycles. The van der Waals surface area contributed by atoms with E-state index >= 15 is 0 Å². The number of H-pyrrole nitrogens is 2. The summed E-state index contributed by atoms with van der Waals surface area (Å²) >= 11 is 0. The van der Waals surface area contributed by atoms with Gasteiger partial charge in [-0.2, -0.15) is 0 Å². The van der Waals surface area contributed by atoms with Crippen molar-refractivity contribution in [3.05, 3.63) is 108 Å². The van der Waals surface area contributed by atoms with Crippen LogP contribution in [-0.4, -0.2) is 14.9 Å². The number of nitrogens with one attached hydrogen (secondary N) is 3. The largest absolute Gasteiger partial charge is 0.341 e. The zero-order chi connectivity index (χ0) is 20.1. The van der Waals surface area contributed by atoms with Crippen LogP contribution in [-0.2, 0) is 0 Å². The maximum absolute atomic E-state index is 12.8. The number of fused-ring (bicyclic) bond motifs is 4. The lowest BCUT2D eigenvalue weighted by atomic mass is 9.80. The molecule has 0 saturated carbocycles. The van der Waals surface area contributed by atoms with Crippen LogP contribution in [0.15, 0.2) is 70.3 Å². The molecule has 1 atom stereocenters. The molecule has 8 heteroatoms. The fourth-order valence-electron chi connectivity index (χ4n) is 3.99. The summed E-state index contributed by atoms with van der Waals surface area (Å²) in [4.78, 5) is 40.1. The maximum atomic E-state index is 12.8. The molecule has 0 spiro atoms. The minimum absolute atomic E-state index is 0.0311. The topological polar surface area (TPSA) is 121 Å². The van der Waals surface area contributed by atoms with Crippen molar-refractivity contribution < 1.29 is 4.92 Å². The third-order valence-electron chi connectivity index (χ3n) is 5.22. The van der Waals surface area contributed by atoms with E-state index in [9.17, 15) is 19.7 Å². The van der Waals surface area contributed by atoms with E-state index in [-0.39, 0.29) is 5.69 Å². The SMILES string of the molecule is O=c1[nH]c2c(c(=O)[nH]1)[C@H](c1ccc([N+](=O)[O-])cc1)c1c(ccc3ccccc13)N2. The van der Waals surface area contributed by atoms with Crippen molar-refractivity contribution in [1.82, 2.24) is 9.97 Å². The van der Waals surface area contributed by atoms with E-state index in [1.807, 2.05) is 36.4 Å². The Morgan fingerprint density at radius 3 is 2.38 bits per heavy atom. The number of anilines is 2. The Morgan fingerprint density at radius 2 is 1.62 bits per heavy atom. The summed E-state index contributed by atoms with van der Waals surface area (Å²) < 4.78 is 0. The second kappa shape index (κ2) is 6.16. The lowest BCUT2D eigenvalue weighted by Gasteiger charge is -2.29. The summed E-state index contributed by atoms with van der Waals surface area (Å²) in [6, 6.07) is 17.8. The minimum Gasteiger partial charge on any atom is -0.341 e. The number of non-ortho nitro benzene ring substituents is 1. The maximum Gasteiger partial charge on any atom is 0.327 e. The van der Waals surface area contributed by atoms with Gasteiger partial charge in [0.25, 0.3) is 11.2 Å². The van der Waals surface area contributed by atoms with Gasteiger partial charge in [-0.15, -0.1) is 0 Å². The van der Waals surface area contributed by atoms with Crippen molar-refractivity contribution in [2.75, 3.05) is 5.32 Å². The van der Waals surface area contributed by atoms with Crippen LogP contribution in [0.4, 0.5) is 17.2 Å². The number of nitro benzene ring substituents is 1. The van der Waals surface area contributed by atoms with E-state index in [2.05, 4.69) is 15.3 Å². The molecule has 0 saturated heterocycles. The lowest BCUT2D eigenvalue weighted by molar-refractivity contribution is -0.384. The third-order valence-corrected chi connectivity index (χ3v) is 5.22. The van der Waals surface area contributed by atoms with Crippen LogP contribution >= 0.6 is 0 Å². The molecule has 2 heterocycles. The predicted molar refractivity (Wildman–Crippen MR) is 109 cm³/mol. The van der Waals surface area contributed by atoms with E-state index in [0.717, 1.165) is 22.0 Å². The predicted octanol–water partition coefficient (Wildman–Crippen LogP) is 3.36. The number of hydrogen-bond acceptors (Lipinski definition) is 5. The Kier molecular flexibility index (Phi) is 3.60. The molecule has 4 aromatic rings. The van der Waals surface area contributed by atoms with Crippen LogP contribution in [0.3, 0.4) is 0 Å². The molecule has 0 radical (unpaired) electrons. The highest BCUT2D eigenvalue weighted by Gasteiger charge is 2.32. The van der Waals surface area contributed by atoms with Gasteiger partial charge >= 0.3 is 5.69 Å². The average Bonchev–Trinajstić information content (AvgIpc) is 2.72. The van der Waals surface area contributed by atoms with Crippen molar-refractivity contribution in [3.63, 3.8) is 0 Å². The number of aromatic nitrogens is 2. The molecule has 0 aliphatic carbocycles. The zero-order valence-corrected chi connectivity index (χ0v) is 14.9. The first-order chi connectivity index (χ1) is 14.0. The van der Waals surface area contributed by atoms with Crippen LogP contribution in [0.5, 0.6) is 0 Å². The first kappa shape index (κ1) is 16.9. The molecule has 29 heavy (non-hydrogen) atoms. The quantitative estimate of drug-likeness (QED) is 0.317. The summed E-state index contributed by atoms with van der Waals surface area (Å²) in [6.07, 6.45) is 0.